The Kier molecular flexibility index (Phi) is 4.35. The van der Waals surface area contributed by atoms with Gasteiger partial charge in [0.2, 0.25) is 5.91 Å². The molecule has 14 heavy (non-hydrogen) atoms. The molecule has 3 N–H and O–H groups in total. The largest absolute Gasteiger partial charge is 0.353 e. The highest BCUT2D eigenvalue weighted by Crippen LogP contribution is 2.12. The minimum atomic E-state index is 0.124. The van der Waals surface area contributed by atoms with E-state index in [9.17, 15) is 4.79 Å². The van der Waals surface area contributed by atoms with E-state index in [0.717, 1.165) is 19.5 Å². The molecule has 0 radical (unpaired) electrons. The van der Waals surface area contributed by atoms with Crippen molar-refractivity contribution in [1.82, 2.24) is 10.2 Å². The van der Waals surface area contributed by atoms with Crippen molar-refractivity contribution in [2.24, 2.45) is 11.7 Å². The highest BCUT2D eigenvalue weighted by molar-refractivity contribution is 5.78. The van der Waals surface area contributed by atoms with Crippen LogP contribution in [0.5, 0.6) is 0 Å². The van der Waals surface area contributed by atoms with Gasteiger partial charge in [0.05, 0.1) is 6.54 Å². The Labute approximate surface area is 85.8 Å². The quantitative estimate of drug-likeness (QED) is 0.659. The number of piperazine rings is 1. The lowest BCUT2D eigenvalue weighted by Crippen LogP contribution is -2.55. The Morgan fingerprint density at radius 2 is 2.36 bits per heavy atom. The number of nitrogens with zero attached hydrogens (tertiary/aromatic N) is 1. The highest BCUT2D eigenvalue weighted by Gasteiger charge is 2.25. The molecule has 0 spiro atoms. The van der Waals surface area contributed by atoms with E-state index in [-0.39, 0.29) is 5.91 Å². The monoisotopic (exact) mass is 199 g/mol. The normalized spacial score (nSPS) is 24.0. The number of rotatable bonds is 4. The summed E-state index contributed by atoms with van der Waals surface area (Å²) in [6.45, 7) is 7.15. The van der Waals surface area contributed by atoms with E-state index < -0.39 is 0 Å². The van der Waals surface area contributed by atoms with Gasteiger partial charge in [-0.2, -0.15) is 0 Å². The zero-order valence-corrected chi connectivity index (χ0v) is 9.12. The van der Waals surface area contributed by atoms with Gasteiger partial charge in [0.1, 0.15) is 0 Å². The predicted molar refractivity (Wildman–Crippen MR) is 56.9 cm³/mol. The molecule has 1 aliphatic heterocycles. The number of amides is 1. The molecule has 0 aromatic rings. The summed E-state index contributed by atoms with van der Waals surface area (Å²) in [5.74, 6) is 0.786. The smallest absolute Gasteiger partial charge is 0.234 e. The summed E-state index contributed by atoms with van der Waals surface area (Å²) < 4.78 is 0. The first-order chi connectivity index (χ1) is 6.63. The summed E-state index contributed by atoms with van der Waals surface area (Å²) in [5.41, 5.74) is 5.52. The third kappa shape index (κ3) is 3.27. The highest BCUT2D eigenvalue weighted by atomic mass is 16.2. The summed E-state index contributed by atoms with van der Waals surface area (Å²) in [5, 5.41) is 2.90. The van der Waals surface area contributed by atoms with Gasteiger partial charge in [0.25, 0.3) is 0 Å². The van der Waals surface area contributed by atoms with Crippen molar-refractivity contribution in [3.63, 3.8) is 0 Å². The third-order valence-electron chi connectivity index (χ3n) is 2.56. The van der Waals surface area contributed by atoms with E-state index in [0.29, 0.717) is 25.0 Å². The van der Waals surface area contributed by atoms with Gasteiger partial charge in [-0.1, -0.05) is 13.8 Å². The fourth-order valence-corrected chi connectivity index (χ4v) is 1.93. The average molecular weight is 199 g/mol. The Morgan fingerprint density at radius 1 is 1.64 bits per heavy atom. The van der Waals surface area contributed by atoms with E-state index in [4.69, 9.17) is 5.73 Å². The molecule has 0 aromatic carbocycles. The van der Waals surface area contributed by atoms with Gasteiger partial charge in [-0.15, -0.1) is 0 Å². The lowest BCUT2D eigenvalue weighted by Gasteiger charge is -2.36. The summed E-state index contributed by atoms with van der Waals surface area (Å²) in [6, 6.07) is 0.469. The van der Waals surface area contributed by atoms with Crippen LogP contribution in [0.1, 0.15) is 20.3 Å². The van der Waals surface area contributed by atoms with E-state index in [1.54, 1.807) is 0 Å². The van der Waals surface area contributed by atoms with Crippen LogP contribution < -0.4 is 11.1 Å². The van der Waals surface area contributed by atoms with Crippen molar-refractivity contribution in [3.05, 3.63) is 0 Å². The summed E-state index contributed by atoms with van der Waals surface area (Å²) in [6.07, 6.45) is 1.13. The van der Waals surface area contributed by atoms with Gasteiger partial charge in [0.15, 0.2) is 0 Å². The van der Waals surface area contributed by atoms with Crippen molar-refractivity contribution in [1.29, 1.82) is 0 Å². The SMILES string of the molecule is CC(C)CC1CNC(=O)CN1CCN. The zero-order valence-electron chi connectivity index (χ0n) is 9.12. The number of hydrogen-bond acceptors (Lipinski definition) is 3. The molecule has 82 valence electrons. The topological polar surface area (TPSA) is 58.4 Å². The zero-order chi connectivity index (χ0) is 10.6. The van der Waals surface area contributed by atoms with Gasteiger partial charge in [-0.05, 0) is 12.3 Å². The van der Waals surface area contributed by atoms with Gasteiger partial charge in [-0.3, -0.25) is 9.69 Å². The Hall–Kier alpha value is -0.610. The molecule has 0 saturated carbocycles. The van der Waals surface area contributed by atoms with Crippen LogP contribution in [0.3, 0.4) is 0 Å². The molecule has 1 aliphatic rings. The molecule has 1 fully saturated rings. The van der Waals surface area contributed by atoms with Crippen LogP contribution in [0.4, 0.5) is 0 Å². The van der Waals surface area contributed by atoms with Crippen LogP contribution in [0, 0.1) is 5.92 Å². The lowest BCUT2D eigenvalue weighted by atomic mass is 10.0. The van der Waals surface area contributed by atoms with Gasteiger partial charge in [-0.25, -0.2) is 0 Å². The molecule has 1 amide bonds. The van der Waals surface area contributed by atoms with Crippen molar-refractivity contribution in [2.75, 3.05) is 26.2 Å². The Balaban J connectivity index is 2.48. The van der Waals surface area contributed by atoms with Crippen LogP contribution >= 0.6 is 0 Å². The van der Waals surface area contributed by atoms with Crippen molar-refractivity contribution in [3.8, 4) is 0 Å². The summed E-state index contributed by atoms with van der Waals surface area (Å²) in [7, 11) is 0. The number of carbonyl (C=O) groups is 1. The van der Waals surface area contributed by atoms with Crippen LogP contribution in [0.2, 0.25) is 0 Å². The average Bonchev–Trinajstić information content (AvgIpc) is 2.09. The van der Waals surface area contributed by atoms with Crippen LogP contribution in [-0.4, -0.2) is 43.0 Å². The Morgan fingerprint density at radius 3 is 2.93 bits per heavy atom. The van der Waals surface area contributed by atoms with E-state index >= 15 is 0 Å². The van der Waals surface area contributed by atoms with E-state index in [2.05, 4.69) is 24.1 Å². The second-order valence-electron chi connectivity index (χ2n) is 4.35. The number of nitrogens with two attached hydrogens (primary N) is 1. The first-order valence-corrected chi connectivity index (χ1v) is 5.34. The van der Waals surface area contributed by atoms with Crippen molar-refractivity contribution < 1.29 is 4.79 Å². The molecule has 1 atom stereocenters. The van der Waals surface area contributed by atoms with Crippen LogP contribution in [0.15, 0.2) is 0 Å². The maximum Gasteiger partial charge on any atom is 0.234 e. The molecule has 0 aliphatic carbocycles. The van der Waals surface area contributed by atoms with Gasteiger partial charge in [0, 0.05) is 25.7 Å². The maximum absolute atomic E-state index is 11.2. The number of carbonyl (C=O) groups excluding carboxylic acids is 1. The summed E-state index contributed by atoms with van der Waals surface area (Å²) in [4.78, 5) is 13.4. The Bertz CT molecular complexity index is 194. The molecule has 1 saturated heterocycles. The molecule has 0 aromatic heterocycles. The molecule has 1 heterocycles. The second-order valence-corrected chi connectivity index (χ2v) is 4.35. The van der Waals surface area contributed by atoms with Gasteiger partial charge >= 0.3 is 0 Å². The second kappa shape index (κ2) is 5.32. The summed E-state index contributed by atoms with van der Waals surface area (Å²) >= 11 is 0. The molecular formula is C10H21N3O. The standard InChI is InChI=1S/C10H21N3O/c1-8(2)5-9-6-12-10(14)7-13(9)4-3-11/h8-9H,3-7,11H2,1-2H3,(H,12,14). The van der Waals surface area contributed by atoms with E-state index in [1.165, 1.54) is 0 Å². The minimum absolute atomic E-state index is 0.124. The van der Waals surface area contributed by atoms with Crippen molar-refractivity contribution >= 4 is 5.91 Å². The maximum atomic E-state index is 11.2. The predicted octanol–water partition coefficient (Wildman–Crippen LogP) is -0.208. The molecule has 4 nitrogen and oxygen atoms in total. The van der Waals surface area contributed by atoms with Crippen LogP contribution in [0.25, 0.3) is 0 Å². The first-order valence-electron chi connectivity index (χ1n) is 5.34. The van der Waals surface area contributed by atoms with Crippen LogP contribution in [-0.2, 0) is 4.79 Å². The number of nitrogens with one attached hydrogen (secondary N) is 1. The molecule has 0 bridgehead atoms. The van der Waals surface area contributed by atoms with Gasteiger partial charge < -0.3 is 11.1 Å². The fourth-order valence-electron chi connectivity index (χ4n) is 1.93. The fraction of sp³-hybridized carbons (Fsp3) is 0.900. The molecular weight excluding hydrogens is 178 g/mol. The molecule has 1 unspecified atom stereocenters. The minimum Gasteiger partial charge on any atom is -0.353 e. The molecule has 1 rings (SSSR count). The number of hydrogen-bond donors (Lipinski definition) is 2. The lowest BCUT2D eigenvalue weighted by molar-refractivity contribution is -0.125. The van der Waals surface area contributed by atoms with E-state index in [1.807, 2.05) is 0 Å². The van der Waals surface area contributed by atoms with Crippen molar-refractivity contribution in [2.45, 2.75) is 26.3 Å². The molecule has 4 heteroatoms. The third-order valence-corrected chi connectivity index (χ3v) is 2.56. The first kappa shape index (κ1) is 11.5.